The standard InChI is InChI=1S/C12H17NO2S/c1-7(14)9-6-16-11-8(13-9)4-12(2,3)5-10(11)15/h9,13H,4-6H2,1-3H3. The first-order valence-corrected chi connectivity index (χ1v) is 6.54. The zero-order chi connectivity index (χ0) is 11.9. The fraction of sp³-hybridized carbons (Fsp3) is 0.667. The molecule has 1 heterocycles. The summed E-state index contributed by atoms with van der Waals surface area (Å²) in [5.41, 5.74) is 1.00. The fourth-order valence-corrected chi connectivity index (χ4v) is 3.42. The van der Waals surface area contributed by atoms with Gasteiger partial charge in [-0.2, -0.15) is 0 Å². The van der Waals surface area contributed by atoms with Crippen LogP contribution in [0.4, 0.5) is 0 Å². The predicted molar refractivity (Wildman–Crippen MR) is 65.1 cm³/mol. The monoisotopic (exact) mass is 239 g/mol. The summed E-state index contributed by atoms with van der Waals surface area (Å²) < 4.78 is 0. The van der Waals surface area contributed by atoms with E-state index in [1.54, 1.807) is 6.92 Å². The maximum Gasteiger partial charge on any atom is 0.171 e. The highest BCUT2D eigenvalue weighted by atomic mass is 32.2. The summed E-state index contributed by atoms with van der Waals surface area (Å²) in [7, 11) is 0. The summed E-state index contributed by atoms with van der Waals surface area (Å²) in [6.45, 7) is 5.79. The summed E-state index contributed by atoms with van der Waals surface area (Å²) in [6, 6.07) is -0.120. The topological polar surface area (TPSA) is 46.2 Å². The number of Topliss-reactive ketones (excluding diaryl/α,β-unsaturated/α-hetero) is 2. The molecule has 0 radical (unpaired) electrons. The largest absolute Gasteiger partial charge is 0.377 e. The van der Waals surface area contributed by atoms with E-state index in [-0.39, 0.29) is 23.0 Å². The van der Waals surface area contributed by atoms with E-state index < -0.39 is 0 Å². The molecule has 0 fully saturated rings. The molecule has 0 aromatic heterocycles. The second-order valence-corrected chi connectivity index (χ2v) is 6.40. The van der Waals surface area contributed by atoms with Crippen LogP contribution >= 0.6 is 11.8 Å². The van der Waals surface area contributed by atoms with Crippen LogP contribution in [0.1, 0.15) is 33.6 Å². The Kier molecular flexibility index (Phi) is 2.86. The number of carbonyl (C=O) groups is 2. The van der Waals surface area contributed by atoms with Crippen LogP contribution in [-0.4, -0.2) is 23.4 Å². The molecule has 1 unspecified atom stereocenters. The molecular weight excluding hydrogens is 222 g/mol. The van der Waals surface area contributed by atoms with Gasteiger partial charge in [-0.15, -0.1) is 11.8 Å². The molecule has 3 nitrogen and oxygen atoms in total. The van der Waals surface area contributed by atoms with Gasteiger partial charge in [0.15, 0.2) is 11.6 Å². The molecule has 1 N–H and O–H groups in total. The molecule has 1 atom stereocenters. The number of ketones is 2. The molecule has 0 saturated carbocycles. The Balaban J connectivity index is 2.25. The number of hydrogen-bond donors (Lipinski definition) is 1. The van der Waals surface area contributed by atoms with Gasteiger partial charge in [0.1, 0.15) is 0 Å². The van der Waals surface area contributed by atoms with E-state index in [4.69, 9.17) is 0 Å². The van der Waals surface area contributed by atoms with Gasteiger partial charge >= 0.3 is 0 Å². The fourth-order valence-electron chi connectivity index (χ4n) is 2.23. The van der Waals surface area contributed by atoms with Gasteiger partial charge in [-0.25, -0.2) is 0 Å². The van der Waals surface area contributed by atoms with Crippen molar-refractivity contribution >= 4 is 23.3 Å². The Morgan fingerprint density at radius 1 is 1.44 bits per heavy atom. The minimum absolute atomic E-state index is 0.0160. The van der Waals surface area contributed by atoms with Crippen LogP contribution in [0.5, 0.6) is 0 Å². The summed E-state index contributed by atoms with van der Waals surface area (Å²) in [6.07, 6.45) is 1.48. The van der Waals surface area contributed by atoms with Gasteiger partial charge in [-0.05, 0) is 18.8 Å². The molecule has 1 aliphatic heterocycles. The lowest BCUT2D eigenvalue weighted by molar-refractivity contribution is -0.119. The third-order valence-corrected chi connectivity index (χ3v) is 4.32. The van der Waals surface area contributed by atoms with E-state index in [0.717, 1.165) is 17.0 Å². The molecule has 2 aliphatic rings. The molecular formula is C12H17NO2S. The average Bonchev–Trinajstić information content (AvgIpc) is 2.14. The highest BCUT2D eigenvalue weighted by molar-refractivity contribution is 8.04. The zero-order valence-corrected chi connectivity index (χ0v) is 10.7. The van der Waals surface area contributed by atoms with Gasteiger partial charge in [0, 0.05) is 17.9 Å². The van der Waals surface area contributed by atoms with E-state index in [1.165, 1.54) is 11.8 Å². The Labute approximate surface area is 100 Å². The number of carbonyl (C=O) groups excluding carboxylic acids is 2. The minimum atomic E-state index is -0.120. The number of allylic oxidation sites excluding steroid dienone is 2. The van der Waals surface area contributed by atoms with Crippen molar-refractivity contribution in [1.29, 1.82) is 0 Å². The van der Waals surface area contributed by atoms with Crippen LogP contribution in [-0.2, 0) is 9.59 Å². The van der Waals surface area contributed by atoms with E-state index >= 15 is 0 Å². The molecule has 1 aliphatic carbocycles. The summed E-state index contributed by atoms with van der Waals surface area (Å²) >= 11 is 1.54. The van der Waals surface area contributed by atoms with Crippen LogP contribution in [0, 0.1) is 5.41 Å². The Hall–Kier alpha value is -0.770. The van der Waals surface area contributed by atoms with Crippen LogP contribution < -0.4 is 5.32 Å². The lowest BCUT2D eigenvalue weighted by Gasteiger charge is -2.36. The second kappa shape index (κ2) is 3.91. The molecule has 0 aromatic rings. The summed E-state index contributed by atoms with van der Waals surface area (Å²) in [5, 5.41) is 3.23. The van der Waals surface area contributed by atoms with Gasteiger partial charge in [0.25, 0.3) is 0 Å². The van der Waals surface area contributed by atoms with Crippen molar-refractivity contribution in [3.8, 4) is 0 Å². The van der Waals surface area contributed by atoms with E-state index in [1.807, 2.05) is 0 Å². The van der Waals surface area contributed by atoms with Crippen molar-refractivity contribution in [1.82, 2.24) is 5.32 Å². The smallest absolute Gasteiger partial charge is 0.171 e. The first-order valence-electron chi connectivity index (χ1n) is 5.55. The summed E-state index contributed by atoms with van der Waals surface area (Å²) in [5.74, 6) is 1.06. The highest BCUT2D eigenvalue weighted by Crippen LogP contribution is 2.41. The van der Waals surface area contributed by atoms with Crippen LogP contribution in [0.25, 0.3) is 0 Å². The average molecular weight is 239 g/mol. The molecule has 0 spiro atoms. The van der Waals surface area contributed by atoms with E-state index in [0.29, 0.717) is 12.2 Å². The van der Waals surface area contributed by atoms with Gasteiger partial charge in [-0.3, -0.25) is 9.59 Å². The number of nitrogens with one attached hydrogen (secondary N) is 1. The summed E-state index contributed by atoms with van der Waals surface area (Å²) in [4.78, 5) is 24.1. The Morgan fingerprint density at radius 3 is 2.75 bits per heavy atom. The van der Waals surface area contributed by atoms with Crippen molar-refractivity contribution in [3.05, 3.63) is 10.6 Å². The van der Waals surface area contributed by atoms with Crippen LogP contribution in [0.15, 0.2) is 10.6 Å². The maximum absolute atomic E-state index is 11.9. The van der Waals surface area contributed by atoms with Gasteiger partial charge in [-0.1, -0.05) is 13.8 Å². The molecule has 88 valence electrons. The number of hydrogen-bond acceptors (Lipinski definition) is 4. The van der Waals surface area contributed by atoms with Gasteiger partial charge in [0.2, 0.25) is 0 Å². The van der Waals surface area contributed by atoms with Crippen molar-refractivity contribution in [2.75, 3.05) is 5.75 Å². The molecule has 0 bridgehead atoms. The second-order valence-electron chi connectivity index (χ2n) is 5.37. The van der Waals surface area contributed by atoms with E-state index in [9.17, 15) is 9.59 Å². The van der Waals surface area contributed by atoms with Crippen molar-refractivity contribution in [3.63, 3.8) is 0 Å². The minimum Gasteiger partial charge on any atom is -0.377 e. The van der Waals surface area contributed by atoms with Crippen molar-refractivity contribution < 1.29 is 9.59 Å². The normalized spacial score (nSPS) is 28.4. The lowest BCUT2D eigenvalue weighted by Crippen LogP contribution is -2.44. The Morgan fingerprint density at radius 2 is 2.12 bits per heavy atom. The molecule has 0 aromatic carbocycles. The first-order chi connectivity index (χ1) is 7.39. The Bertz CT molecular complexity index is 384. The highest BCUT2D eigenvalue weighted by Gasteiger charge is 2.36. The van der Waals surface area contributed by atoms with Crippen molar-refractivity contribution in [2.24, 2.45) is 5.41 Å². The third kappa shape index (κ3) is 2.17. The SMILES string of the molecule is CC(=O)C1CSC2=C(CC(C)(C)CC2=O)N1. The predicted octanol–water partition coefficient (Wildman–Crippen LogP) is 1.88. The van der Waals surface area contributed by atoms with Gasteiger partial charge in [0.05, 0.1) is 10.9 Å². The number of rotatable bonds is 1. The molecule has 4 heteroatoms. The zero-order valence-electron chi connectivity index (χ0n) is 9.92. The first kappa shape index (κ1) is 11.7. The molecule has 0 amide bonds. The lowest BCUT2D eigenvalue weighted by atomic mass is 9.78. The molecule has 0 saturated heterocycles. The third-order valence-electron chi connectivity index (χ3n) is 3.06. The van der Waals surface area contributed by atoms with Crippen LogP contribution in [0.3, 0.4) is 0 Å². The quantitative estimate of drug-likeness (QED) is 0.759. The van der Waals surface area contributed by atoms with Gasteiger partial charge < -0.3 is 5.32 Å². The number of thioether (sulfide) groups is 1. The van der Waals surface area contributed by atoms with Crippen LogP contribution in [0.2, 0.25) is 0 Å². The van der Waals surface area contributed by atoms with E-state index in [2.05, 4.69) is 19.2 Å². The maximum atomic E-state index is 11.9. The molecule has 16 heavy (non-hydrogen) atoms. The molecule has 2 rings (SSSR count). The van der Waals surface area contributed by atoms with Crippen molar-refractivity contribution in [2.45, 2.75) is 39.7 Å².